The van der Waals surface area contributed by atoms with Gasteiger partial charge in [0.05, 0.1) is 38.3 Å². The lowest BCUT2D eigenvalue weighted by atomic mass is 9.96. The van der Waals surface area contributed by atoms with Gasteiger partial charge in [-0.1, -0.05) is 6.08 Å². The van der Waals surface area contributed by atoms with Gasteiger partial charge in [0.15, 0.2) is 5.82 Å². The van der Waals surface area contributed by atoms with Crippen LogP contribution in [0.1, 0.15) is 32.3 Å². The van der Waals surface area contributed by atoms with E-state index in [1.165, 1.54) is 5.57 Å². The van der Waals surface area contributed by atoms with Crippen LogP contribution < -0.4 is 15.0 Å². The van der Waals surface area contributed by atoms with Crippen LogP contribution >= 0.6 is 0 Å². The average molecular weight is 516 g/mol. The lowest BCUT2D eigenvalue weighted by Crippen LogP contribution is -2.45. The number of carbonyl (C=O) groups is 1. The number of methoxy groups -OCH3 is 1. The third-order valence-corrected chi connectivity index (χ3v) is 6.67. The Morgan fingerprint density at radius 2 is 1.97 bits per heavy atom. The number of nitrogens with zero attached hydrogens (tertiary/aromatic N) is 8. The number of allylic oxidation sites excluding steroid dienone is 3. The molecule has 11 heteroatoms. The fourth-order valence-corrected chi connectivity index (χ4v) is 4.70. The van der Waals surface area contributed by atoms with Gasteiger partial charge in [-0.2, -0.15) is 10.1 Å². The summed E-state index contributed by atoms with van der Waals surface area (Å²) in [6.45, 7) is 6.17. The zero-order chi connectivity index (χ0) is 26.8. The van der Waals surface area contributed by atoms with Crippen LogP contribution in [0.3, 0.4) is 0 Å². The maximum Gasteiger partial charge on any atom is 0.336 e. The van der Waals surface area contributed by atoms with Crippen LogP contribution in [0.4, 0.5) is 28.1 Å². The van der Waals surface area contributed by atoms with Crippen LogP contribution in [-0.2, 0) is 13.1 Å². The molecule has 2 amide bonds. The largest absolute Gasteiger partial charge is 0.495 e. The summed E-state index contributed by atoms with van der Waals surface area (Å²) in [7, 11) is 5.64. The van der Waals surface area contributed by atoms with E-state index in [2.05, 4.69) is 45.2 Å². The number of fused-ring (bicyclic) bond motifs is 1. The first-order valence-electron chi connectivity index (χ1n) is 12.6. The molecule has 0 radical (unpaired) electrons. The summed E-state index contributed by atoms with van der Waals surface area (Å²) in [6.07, 6.45) is 11.1. The van der Waals surface area contributed by atoms with Gasteiger partial charge in [-0.25, -0.2) is 19.7 Å². The van der Waals surface area contributed by atoms with Gasteiger partial charge in [-0.3, -0.25) is 9.58 Å². The van der Waals surface area contributed by atoms with Gasteiger partial charge < -0.3 is 15.0 Å². The monoisotopic (exact) mass is 515 g/mol. The number of carbonyl (C=O) groups excluding carboxylic acids is 1. The highest BCUT2D eigenvalue weighted by Crippen LogP contribution is 2.38. The first-order valence-corrected chi connectivity index (χ1v) is 12.6. The van der Waals surface area contributed by atoms with Crippen LogP contribution in [0, 0.1) is 0 Å². The summed E-state index contributed by atoms with van der Waals surface area (Å²) in [6, 6.07) is 3.34. The second-order valence-corrected chi connectivity index (χ2v) is 9.78. The maximum atomic E-state index is 14.1. The van der Waals surface area contributed by atoms with Gasteiger partial charge in [-0.05, 0) is 64.1 Å². The normalized spacial score (nSPS) is 15.6. The Morgan fingerprint density at radius 1 is 1.13 bits per heavy atom. The molecule has 0 bridgehead atoms. The quantitative estimate of drug-likeness (QED) is 0.469. The Bertz CT molecular complexity index is 1390. The SMILES string of the molecule is COc1ccc(N2C(=O)N(C3=C(C)CCC=C3C)Cc3cnc(Nc4cnn(CCN(C)C)c4)nc32)nc1. The van der Waals surface area contributed by atoms with Crippen LogP contribution in [0.15, 0.2) is 59.8 Å². The first kappa shape index (κ1) is 25.4. The molecule has 0 aromatic carbocycles. The number of rotatable bonds is 8. The summed E-state index contributed by atoms with van der Waals surface area (Å²) in [4.78, 5) is 33.4. The number of urea groups is 1. The number of amides is 2. The Balaban J connectivity index is 1.50. The summed E-state index contributed by atoms with van der Waals surface area (Å²) in [5.41, 5.74) is 4.84. The molecule has 0 saturated carbocycles. The number of hydrogen-bond acceptors (Lipinski definition) is 8. The van der Waals surface area contributed by atoms with Crippen molar-refractivity contribution in [2.45, 2.75) is 39.8 Å². The fourth-order valence-electron chi connectivity index (χ4n) is 4.70. The van der Waals surface area contributed by atoms with E-state index in [1.54, 1.807) is 47.6 Å². The Kier molecular flexibility index (Phi) is 7.10. The van der Waals surface area contributed by atoms with Gasteiger partial charge in [0.2, 0.25) is 5.95 Å². The summed E-state index contributed by atoms with van der Waals surface area (Å²) >= 11 is 0. The third kappa shape index (κ3) is 5.10. The highest BCUT2D eigenvalue weighted by molar-refractivity contribution is 6.01. The molecule has 3 aromatic rings. The topological polar surface area (TPSA) is 105 Å². The van der Waals surface area contributed by atoms with E-state index in [1.807, 2.05) is 25.0 Å². The molecule has 0 spiro atoms. The van der Waals surface area contributed by atoms with Crippen molar-refractivity contribution in [1.29, 1.82) is 0 Å². The van der Waals surface area contributed by atoms with Gasteiger partial charge in [0.25, 0.3) is 0 Å². The number of aromatic nitrogens is 5. The molecule has 4 heterocycles. The van der Waals surface area contributed by atoms with E-state index in [0.29, 0.717) is 29.9 Å². The number of pyridine rings is 1. The van der Waals surface area contributed by atoms with Crippen LogP contribution in [0.5, 0.6) is 5.75 Å². The number of nitrogens with one attached hydrogen (secondary N) is 1. The summed E-state index contributed by atoms with van der Waals surface area (Å²) < 4.78 is 7.14. The minimum Gasteiger partial charge on any atom is -0.495 e. The molecule has 1 aliphatic carbocycles. The van der Waals surface area contributed by atoms with Crippen LogP contribution in [0.25, 0.3) is 0 Å². The van der Waals surface area contributed by atoms with E-state index in [9.17, 15) is 4.79 Å². The van der Waals surface area contributed by atoms with Crippen molar-refractivity contribution in [2.24, 2.45) is 0 Å². The predicted octanol–water partition coefficient (Wildman–Crippen LogP) is 4.47. The molecular formula is C27H33N9O2. The van der Waals surface area contributed by atoms with Gasteiger partial charge in [0, 0.05) is 30.2 Å². The van der Waals surface area contributed by atoms with E-state index in [4.69, 9.17) is 9.72 Å². The summed E-state index contributed by atoms with van der Waals surface area (Å²) in [5, 5.41) is 7.63. The Hall–Kier alpha value is -4.25. The fraction of sp³-hybridized carbons (Fsp3) is 0.370. The van der Waals surface area contributed by atoms with Crippen molar-refractivity contribution < 1.29 is 9.53 Å². The van der Waals surface area contributed by atoms with E-state index < -0.39 is 0 Å². The van der Waals surface area contributed by atoms with Crippen molar-refractivity contribution in [3.05, 3.63) is 65.4 Å². The predicted molar refractivity (Wildman–Crippen MR) is 146 cm³/mol. The summed E-state index contributed by atoms with van der Waals surface area (Å²) in [5.74, 6) is 1.94. The molecular weight excluding hydrogens is 482 g/mol. The molecule has 11 nitrogen and oxygen atoms in total. The molecule has 3 aromatic heterocycles. The van der Waals surface area contributed by atoms with E-state index in [-0.39, 0.29) is 6.03 Å². The van der Waals surface area contributed by atoms with E-state index in [0.717, 1.165) is 48.5 Å². The Labute approximate surface area is 222 Å². The molecule has 0 saturated heterocycles. The molecule has 5 rings (SSSR count). The second kappa shape index (κ2) is 10.6. The number of anilines is 4. The van der Waals surface area contributed by atoms with Crippen molar-refractivity contribution in [3.63, 3.8) is 0 Å². The minimum atomic E-state index is -0.208. The van der Waals surface area contributed by atoms with Gasteiger partial charge >= 0.3 is 6.03 Å². The zero-order valence-corrected chi connectivity index (χ0v) is 22.5. The smallest absolute Gasteiger partial charge is 0.336 e. The first-order chi connectivity index (χ1) is 18.3. The maximum absolute atomic E-state index is 14.1. The molecule has 0 unspecified atom stereocenters. The standard InChI is InChI=1S/C27H33N9O2/c1-18-7-6-8-19(2)24(18)35-16-20-13-29-26(31-21-14-30-34(17-21)12-11-33(3)4)32-25(20)36(27(35)37)23-10-9-22(38-5)15-28-23/h7,9-10,13-15,17H,6,8,11-12,16H2,1-5H3,(H,29,31,32). The van der Waals surface area contributed by atoms with Crippen LogP contribution in [0.2, 0.25) is 0 Å². The van der Waals surface area contributed by atoms with Crippen molar-refractivity contribution in [2.75, 3.05) is 38.0 Å². The molecule has 38 heavy (non-hydrogen) atoms. The lowest BCUT2D eigenvalue weighted by molar-refractivity contribution is 0.215. The van der Waals surface area contributed by atoms with Gasteiger partial charge in [-0.15, -0.1) is 0 Å². The molecule has 0 fully saturated rings. The number of likely N-dealkylation sites (N-methyl/N-ethyl adjacent to an activating group) is 1. The molecule has 1 aliphatic heterocycles. The van der Waals surface area contributed by atoms with Crippen molar-refractivity contribution in [3.8, 4) is 5.75 Å². The zero-order valence-electron chi connectivity index (χ0n) is 22.5. The molecule has 1 N–H and O–H groups in total. The Morgan fingerprint density at radius 3 is 2.68 bits per heavy atom. The number of hydrogen-bond donors (Lipinski definition) is 1. The highest BCUT2D eigenvalue weighted by Gasteiger charge is 2.37. The molecule has 2 aliphatic rings. The molecule has 0 atom stereocenters. The molecule has 198 valence electrons. The van der Waals surface area contributed by atoms with Crippen LogP contribution in [-0.4, -0.2) is 68.3 Å². The lowest BCUT2D eigenvalue weighted by Gasteiger charge is -2.38. The third-order valence-electron chi connectivity index (χ3n) is 6.67. The van der Waals surface area contributed by atoms with Crippen molar-refractivity contribution >= 4 is 29.3 Å². The van der Waals surface area contributed by atoms with Gasteiger partial charge in [0.1, 0.15) is 11.6 Å². The highest BCUT2D eigenvalue weighted by atomic mass is 16.5. The second-order valence-electron chi connectivity index (χ2n) is 9.78. The van der Waals surface area contributed by atoms with Crippen molar-refractivity contribution in [1.82, 2.24) is 34.5 Å². The number of ether oxygens (including phenoxy) is 1. The average Bonchev–Trinajstić information content (AvgIpc) is 3.35. The minimum absolute atomic E-state index is 0.208. The van der Waals surface area contributed by atoms with E-state index >= 15 is 0 Å².